The number of anilines is 1. The predicted molar refractivity (Wildman–Crippen MR) is 72.0 cm³/mol. The van der Waals surface area contributed by atoms with Gasteiger partial charge in [-0.2, -0.15) is 0 Å². The quantitative estimate of drug-likeness (QED) is 0.849. The molecule has 4 nitrogen and oxygen atoms in total. The Labute approximate surface area is 108 Å². The Hall–Kier alpha value is -1.07. The minimum atomic E-state index is -3.41. The van der Waals surface area contributed by atoms with Crippen molar-refractivity contribution in [2.75, 3.05) is 10.8 Å². The number of benzene rings is 1. The van der Waals surface area contributed by atoms with Gasteiger partial charge in [0.2, 0.25) is 10.0 Å². The zero-order valence-electron chi connectivity index (χ0n) is 10.9. The summed E-state index contributed by atoms with van der Waals surface area (Å²) < 4.78 is 25.6. The fraction of sp³-hybridized carbons (Fsp3) is 0.538. The lowest BCUT2D eigenvalue weighted by molar-refractivity contribution is 0.166. The molecule has 0 spiro atoms. The number of rotatable bonds is 1. The molecule has 1 heterocycles. The fourth-order valence-electron chi connectivity index (χ4n) is 2.09. The van der Waals surface area contributed by atoms with Crippen LogP contribution < -0.4 is 4.31 Å². The molecule has 5 heteroatoms. The van der Waals surface area contributed by atoms with Crippen LogP contribution in [0.25, 0.3) is 0 Å². The highest BCUT2D eigenvalue weighted by molar-refractivity contribution is 7.94. The lowest BCUT2D eigenvalue weighted by Gasteiger charge is -2.37. The average molecular weight is 269 g/mol. The lowest BCUT2D eigenvalue weighted by atomic mass is 10.0. The second kappa shape index (κ2) is 4.24. The number of aliphatic hydroxyl groups is 1. The summed E-state index contributed by atoms with van der Waals surface area (Å²) in [5, 5.41) is 9.93. The van der Waals surface area contributed by atoms with Crippen LogP contribution in [-0.4, -0.2) is 24.8 Å². The molecule has 1 atom stereocenters. The zero-order chi connectivity index (χ0) is 13.6. The molecule has 100 valence electrons. The number of aliphatic hydroxyl groups excluding tert-OH is 1. The van der Waals surface area contributed by atoms with Crippen molar-refractivity contribution in [1.82, 2.24) is 0 Å². The number of hydrogen-bond donors (Lipinski definition) is 1. The molecular formula is C13H19NO3S. The van der Waals surface area contributed by atoms with Gasteiger partial charge in [-0.05, 0) is 33.3 Å². The highest BCUT2D eigenvalue weighted by atomic mass is 32.2. The van der Waals surface area contributed by atoms with Crippen molar-refractivity contribution in [2.24, 2.45) is 0 Å². The van der Waals surface area contributed by atoms with Gasteiger partial charge in [0.25, 0.3) is 0 Å². The summed E-state index contributed by atoms with van der Waals surface area (Å²) in [6.45, 7) is 5.40. The van der Waals surface area contributed by atoms with Gasteiger partial charge in [-0.1, -0.05) is 18.2 Å². The van der Waals surface area contributed by atoms with Crippen LogP contribution in [0, 0.1) is 0 Å². The molecule has 0 amide bonds. The summed E-state index contributed by atoms with van der Waals surface area (Å²) >= 11 is 0. The molecule has 1 aliphatic heterocycles. The highest BCUT2D eigenvalue weighted by Gasteiger charge is 2.38. The molecule has 0 fully saturated rings. The third kappa shape index (κ3) is 2.01. The number of nitrogens with zero attached hydrogens (tertiary/aromatic N) is 1. The largest absolute Gasteiger partial charge is 0.388 e. The minimum absolute atomic E-state index is 0.331. The first-order chi connectivity index (χ1) is 8.25. The molecule has 1 unspecified atom stereocenters. The van der Waals surface area contributed by atoms with E-state index in [1.807, 2.05) is 6.07 Å². The second-order valence-electron chi connectivity index (χ2n) is 5.55. The van der Waals surface area contributed by atoms with Crippen molar-refractivity contribution in [3.63, 3.8) is 0 Å². The van der Waals surface area contributed by atoms with Crippen molar-refractivity contribution >= 4 is 15.7 Å². The molecule has 0 bridgehead atoms. The molecule has 0 radical (unpaired) electrons. The summed E-state index contributed by atoms with van der Waals surface area (Å²) in [4.78, 5) is 0. The monoisotopic (exact) mass is 269 g/mol. The Morgan fingerprint density at radius 2 is 1.89 bits per heavy atom. The maximum absolute atomic E-state index is 12.5. The van der Waals surface area contributed by atoms with E-state index in [4.69, 9.17) is 0 Å². The number of sulfonamides is 1. The topological polar surface area (TPSA) is 57.6 Å². The maximum atomic E-state index is 12.5. The van der Waals surface area contributed by atoms with Crippen molar-refractivity contribution in [3.05, 3.63) is 29.8 Å². The van der Waals surface area contributed by atoms with E-state index in [9.17, 15) is 13.5 Å². The molecule has 0 saturated heterocycles. The SMILES string of the molecule is CC(C)(C)S(=O)(=O)N1CCC(O)c2ccccc21. The van der Waals surface area contributed by atoms with Crippen LogP contribution in [-0.2, 0) is 10.0 Å². The number of para-hydroxylation sites is 1. The van der Waals surface area contributed by atoms with E-state index in [0.717, 1.165) is 0 Å². The van der Waals surface area contributed by atoms with E-state index in [1.54, 1.807) is 39.0 Å². The molecule has 0 saturated carbocycles. The Balaban J connectivity index is 2.54. The van der Waals surface area contributed by atoms with Crippen LogP contribution in [0.4, 0.5) is 5.69 Å². The van der Waals surface area contributed by atoms with E-state index in [1.165, 1.54) is 4.31 Å². The molecule has 18 heavy (non-hydrogen) atoms. The van der Waals surface area contributed by atoms with Gasteiger partial charge in [0.15, 0.2) is 0 Å². The normalized spacial score (nSPS) is 20.7. The van der Waals surface area contributed by atoms with Gasteiger partial charge < -0.3 is 5.11 Å². The average Bonchev–Trinajstić information content (AvgIpc) is 2.28. The van der Waals surface area contributed by atoms with E-state index >= 15 is 0 Å². The van der Waals surface area contributed by atoms with Crippen LogP contribution >= 0.6 is 0 Å². The molecule has 1 N–H and O–H groups in total. The second-order valence-corrected chi connectivity index (χ2v) is 8.17. The fourth-order valence-corrected chi connectivity index (χ4v) is 3.52. The summed E-state index contributed by atoms with van der Waals surface area (Å²) in [5.41, 5.74) is 1.29. The number of hydrogen-bond acceptors (Lipinski definition) is 3. The summed E-state index contributed by atoms with van der Waals surface area (Å²) in [7, 11) is -3.41. The lowest BCUT2D eigenvalue weighted by Crippen LogP contribution is -2.45. The molecular weight excluding hydrogens is 250 g/mol. The molecule has 1 aromatic carbocycles. The van der Waals surface area contributed by atoms with Crippen LogP contribution in [0.3, 0.4) is 0 Å². The first-order valence-electron chi connectivity index (χ1n) is 6.04. The standard InChI is InChI=1S/C13H19NO3S/c1-13(2,3)18(16,17)14-9-8-12(15)10-6-4-5-7-11(10)14/h4-7,12,15H,8-9H2,1-3H3. The highest BCUT2D eigenvalue weighted by Crippen LogP contribution is 2.37. The van der Waals surface area contributed by atoms with Crippen molar-refractivity contribution < 1.29 is 13.5 Å². The van der Waals surface area contributed by atoms with Crippen molar-refractivity contribution in [1.29, 1.82) is 0 Å². The molecule has 1 aliphatic rings. The summed E-state index contributed by atoms with van der Waals surface area (Å²) in [6.07, 6.45) is -0.139. The molecule has 2 rings (SSSR count). The van der Waals surface area contributed by atoms with E-state index < -0.39 is 20.9 Å². The van der Waals surface area contributed by atoms with Gasteiger partial charge in [-0.25, -0.2) is 8.42 Å². The van der Waals surface area contributed by atoms with Gasteiger partial charge in [0.1, 0.15) is 0 Å². The van der Waals surface area contributed by atoms with Gasteiger partial charge in [-0.15, -0.1) is 0 Å². The van der Waals surface area contributed by atoms with Crippen LogP contribution in [0.2, 0.25) is 0 Å². The molecule has 0 aliphatic carbocycles. The maximum Gasteiger partial charge on any atom is 0.240 e. The van der Waals surface area contributed by atoms with Gasteiger partial charge >= 0.3 is 0 Å². The Bertz CT molecular complexity index is 546. The first kappa shape index (κ1) is 13.4. The first-order valence-corrected chi connectivity index (χ1v) is 7.48. The van der Waals surface area contributed by atoms with E-state index in [-0.39, 0.29) is 0 Å². The van der Waals surface area contributed by atoms with Crippen LogP contribution in [0.15, 0.2) is 24.3 Å². The smallest absolute Gasteiger partial charge is 0.240 e. The predicted octanol–water partition coefficient (Wildman–Crippen LogP) is 2.06. The van der Waals surface area contributed by atoms with Crippen LogP contribution in [0.1, 0.15) is 38.9 Å². The van der Waals surface area contributed by atoms with Crippen molar-refractivity contribution in [2.45, 2.75) is 38.0 Å². The van der Waals surface area contributed by atoms with E-state index in [0.29, 0.717) is 24.2 Å². The number of fused-ring (bicyclic) bond motifs is 1. The third-order valence-electron chi connectivity index (χ3n) is 3.23. The van der Waals surface area contributed by atoms with Gasteiger partial charge in [0.05, 0.1) is 16.5 Å². The molecule has 0 aromatic heterocycles. The Morgan fingerprint density at radius 1 is 1.28 bits per heavy atom. The van der Waals surface area contributed by atoms with Crippen molar-refractivity contribution in [3.8, 4) is 0 Å². The third-order valence-corrected chi connectivity index (χ3v) is 5.74. The van der Waals surface area contributed by atoms with Crippen LogP contribution in [0.5, 0.6) is 0 Å². The Kier molecular flexibility index (Phi) is 3.15. The Morgan fingerprint density at radius 3 is 2.50 bits per heavy atom. The minimum Gasteiger partial charge on any atom is -0.388 e. The zero-order valence-corrected chi connectivity index (χ0v) is 11.7. The summed E-state index contributed by atoms with van der Waals surface area (Å²) in [5.74, 6) is 0. The molecule has 1 aromatic rings. The van der Waals surface area contributed by atoms with Gasteiger partial charge in [0, 0.05) is 12.1 Å². The van der Waals surface area contributed by atoms with Gasteiger partial charge in [-0.3, -0.25) is 4.31 Å². The summed E-state index contributed by atoms with van der Waals surface area (Å²) in [6, 6.07) is 7.14. The van der Waals surface area contributed by atoms with E-state index in [2.05, 4.69) is 0 Å².